The molecule has 0 bridgehead atoms. The maximum Gasteiger partial charge on any atom is 0.224 e. The van der Waals surface area contributed by atoms with Gasteiger partial charge in [0.25, 0.3) is 0 Å². The van der Waals surface area contributed by atoms with E-state index in [1.807, 2.05) is 7.05 Å². The maximum absolute atomic E-state index is 6.26. The van der Waals surface area contributed by atoms with Gasteiger partial charge in [0.1, 0.15) is 5.02 Å². The molecule has 2 rings (SSSR count). The van der Waals surface area contributed by atoms with Gasteiger partial charge in [0.05, 0.1) is 6.20 Å². The first-order chi connectivity index (χ1) is 8.76. The Labute approximate surface area is 114 Å². The summed E-state index contributed by atoms with van der Waals surface area (Å²) in [6, 6.07) is 0.570. The molecule has 1 N–H and O–H groups in total. The van der Waals surface area contributed by atoms with Crippen LogP contribution in [0.25, 0.3) is 0 Å². The van der Waals surface area contributed by atoms with Crippen molar-refractivity contribution in [2.45, 2.75) is 45.1 Å². The van der Waals surface area contributed by atoms with E-state index in [-0.39, 0.29) is 0 Å². The van der Waals surface area contributed by atoms with Crippen LogP contribution in [0.4, 0.5) is 11.8 Å². The SMILES string of the molecule is CCCC1CCCCN1c1nc(NC)ncc1Cl. The molecule has 1 aliphatic heterocycles. The average Bonchev–Trinajstić information content (AvgIpc) is 2.41. The predicted molar refractivity (Wildman–Crippen MR) is 76.5 cm³/mol. The Morgan fingerprint density at radius 1 is 1.50 bits per heavy atom. The largest absolute Gasteiger partial charge is 0.357 e. The van der Waals surface area contributed by atoms with Crippen molar-refractivity contribution in [1.82, 2.24) is 9.97 Å². The maximum atomic E-state index is 6.26. The van der Waals surface area contributed by atoms with E-state index in [2.05, 4.69) is 27.1 Å². The molecular weight excluding hydrogens is 248 g/mol. The van der Waals surface area contributed by atoms with Crippen molar-refractivity contribution >= 4 is 23.4 Å². The van der Waals surface area contributed by atoms with Gasteiger partial charge in [-0.1, -0.05) is 24.9 Å². The summed E-state index contributed by atoms with van der Waals surface area (Å²) in [5.74, 6) is 1.52. The lowest BCUT2D eigenvalue weighted by Crippen LogP contribution is -2.40. The number of halogens is 1. The van der Waals surface area contributed by atoms with Crippen molar-refractivity contribution in [2.75, 3.05) is 23.8 Å². The summed E-state index contributed by atoms with van der Waals surface area (Å²) in [5, 5.41) is 3.62. The van der Waals surface area contributed by atoms with Crippen molar-refractivity contribution in [1.29, 1.82) is 0 Å². The van der Waals surface area contributed by atoms with Gasteiger partial charge in [0, 0.05) is 19.6 Å². The molecular formula is C13H21ClN4. The third-order valence-corrected chi connectivity index (χ3v) is 3.74. The Hall–Kier alpha value is -1.03. The smallest absolute Gasteiger partial charge is 0.224 e. The summed E-state index contributed by atoms with van der Waals surface area (Å²) in [4.78, 5) is 11.0. The zero-order valence-electron chi connectivity index (χ0n) is 11.1. The Balaban J connectivity index is 2.26. The summed E-state index contributed by atoms with van der Waals surface area (Å²) in [5.41, 5.74) is 0. The molecule has 0 spiro atoms. The summed E-state index contributed by atoms with van der Waals surface area (Å²) < 4.78 is 0. The lowest BCUT2D eigenvalue weighted by atomic mass is 9.98. The van der Waals surface area contributed by atoms with Crippen molar-refractivity contribution in [2.24, 2.45) is 0 Å². The molecule has 0 saturated carbocycles. The molecule has 0 aliphatic carbocycles. The minimum Gasteiger partial charge on any atom is -0.357 e. The number of hydrogen-bond donors (Lipinski definition) is 1. The van der Waals surface area contributed by atoms with Gasteiger partial charge < -0.3 is 10.2 Å². The number of rotatable bonds is 4. The topological polar surface area (TPSA) is 41.1 Å². The molecule has 0 radical (unpaired) electrons. The fourth-order valence-corrected chi connectivity index (χ4v) is 2.79. The molecule has 0 aromatic carbocycles. The number of aromatic nitrogens is 2. The quantitative estimate of drug-likeness (QED) is 0.909. The molecule has 1 aliphatic rings. The molecule has 18 heavy (non-hydrogen) atoms. The second-order valence-electron chi connectivity index (χ2n) is 4.75. The molecule has 1 atom stereocenters. The minimum absolute atomic E-state index is 0.570. The van der Waals surface area contributed by atoms with Crippen molar-refractivity contribution in [3.8, 4) is 0 Å². The highest BCUT2D eigenvalue weighted by atomic mass is 35.5. The first kappa shape index (κ1) is 13.4. The van der Waals surface area contributed by atoms with Crippen LogP contribution in [0, 0.1) is 0 Å². The molecule has 1 saturated heterocycles. The number of piperidine rings is 1. The van der Waals surface area contributed by atoms with Crippen LogP contribution in [0.15, 0.2) is 6.20 Å². The van der Waals surface area contributed by atoms with Crippen LogP contribution in [0.3, 0.4) is 0 Å². The van der Waals surface area contributed by atoms with Crippen molar-refractivity contribution in [3.05, 3.63) is 11.2 Å². The van der Waals surface area contributed by atoms with Gasteiger partial charge in [-0.3, -0.25) is 0 Å². The number of nitrogens with zero attached hydrogens (tertiary/aromatic N) is 3. The van der Waals surface area contributed by atoms with Crippen molar-refractivity contribution < 1.29 is 0 Å². The van der Waals surface area contributed by atoms with E-state index in [9.17, 15) is 0 Å². The number of hydrogen-bond acceptors (Lipinski definition) is 4. The lowest BCUT2D eigenvalue weighted by Gasteiger charge is -2.37. The highest BCUT2D eigenvalue weighted by molar-refractivity contribution is 6.32. The van der Waals surface area contributed by atoms with Crippen LogP contribution < -0.4 is 10.2 Å². The fourth-order valence-electron chi connectivity index (χ4n) is 2.59. The first-order valence-corrected chi connectivity index (χ1v) is 7.11. The zero-order valence-corrected chi connectivity index (χ0v) is 11.9. The summed E-state index contributed by atoms with van der Waals surface area (Å²) in [7, 11) is 1.83. The zero-order chi connectivity index (χ0) is 13.0. The third kappa shape index (κ3) is 2.86. The number of nitrogens with one attached hydrogen (secondary N) is 1. The lowest BCUT2D eigenvalue weighted by molar-refractivity contribution is 0.432. The van der Waals surface area contributed by atoms with Gasteiger partial charge in [0.2, 0.25) is 5.95 Å². The minimum atomic E-state index is 0.570. The Morgan fingerprint density at radius 2 is 2.33 bits per heavy atom. The van der Waals surface area contributed by atoms with E-state index in [0.29, 0.717) is 17.0 Å². The Bertz CT molecular complexity index is 395. The molecule has 0 amide bonds. The van der Waals surface area contributed by atoms with Gasteiger partial charge in [-0.05, 0) is 25.7 Å². The van der Waals surface area contributed by atoms with E-state index < -0.39 is 0 Å². The molecule has 5 heteroatoms. The predicted octanol–water partition coefficient (Wildman–Crippen LogP) is 3.33. The Kier molecular flexibility index (Phi) is 4.64. The van der Waals surface area contributed by atoms with Gasteiger partial charge in [-0.2, -0.15) is 4.98 Å². The van der Waals surface area contributed by atoms with Crippen LogP contribution in [-0.2, 0) is 0 Å². The summed E-state index contributed by atoms with van der Waals surface area (Å²) in [6.07, 6.45) is 7.85. The Morgan fingerprint density at radius 3 is 3.06 bits per heavy atom. The third-order valence-electron chi connectivity index (χ3n) is 3.47. The first-order valence-electron chi connectivity index (χ1n) is 6.73. The standard InChI is InChI=1S/C13H21ClN4/c1-3-6-10-7-4-5-8-18(10)12-11(14)9-16-13(15-2)17-12/h9-10H,3-8H2,1-2H3,(H,15,16,17). The normalized spacial score (nSPS) is 19.9. The fraction of sp³-hybridized carbons (Fsp3) is 0.692. The molecule has 1 aromatic rings. The molecule has 1 unspecified atom stereocenters. The van der Waals surface area contributed by atoms with Crippen LogP contribution in [0.5, 0.6) is 0 Å². The van der Waals surface area contributed by atoms with E-state index in [0.717, 1.165) is 12.4 Å². The van der Waals surface area contributed by atoms with E-state index in [1.54, 1.807) is 6.20 Å². The van der Waals surface area contributed by atoms with Crippen LogP contribution in [0.1, 0.15) is 39.0 Å². The van der Waals surface area contributed by atoms with Crippen LogP contribution in [0.2, 0.25) is 5.02 Å². The van der Waals surface area contributed by atoms with E-state index in [1.165, 1.54) is 32.1 Å². The second kappa shape index (κ2) is 6.23. The van der Waals surface area contributed by atoms with Gasteiger partial charge in [-0.15, -0.1) is 0 Å². The van der Waals surface area contributed by atoms with Gasteiger partial charge in [-0.25, -0.2) is 4.98 Å². The molecule has 4 nitrogen and oxygen atoms in total. The highest BCUT2D eigenvalue weighted by Crippen LogP contribution is 2.31. The monoisotopic (exact) mass is 268 g/mol. The molecule has 100 valence electrons. The average molecular weight is 269 g/mol. The highest BCUT2D eigenvalue weighted by Gasteiger charge is 2.25. The summed E-state index contributed by atoms with van der Waals surface area (Å²) >= 11 is 6.26. The van der Waals surface area contributed by atoms with E-state index >= 15 is 0 Å². The van der Waals surface area contributed by atoms with Gasteiger partial charge >= 0.3 is 0 Å². The molecule has 1 fully saturated rings. The van der Waals surface area contributed by atoms with E-state index in [4.69, 9.17) is 11.6 Å². The van der Waals surface area contributed by atoms with Gasteiger partial charge in [0.15, 0.2) is 5.82 Å². The molecule has 1 aromatic heterocycles. The summed E-state index contributed by atoms with van der Waals surface area (Å²) in [6.45, 7) is 3.28. The second-order valence-corrected chi connectivity index (χ2v) is 5.15. The van der Waals surface area contributed by atoms with Crippen LogP contribution in [-0.4, -0.2) is 29.6 Å². The molecule has 2 heterocycles. The van der Waals surface area contributed by atoms with Crippen molar-refractivity contribution in [3.63, 3.8) is 0 Å². The van der Waals surface area contributed by atoms with Crippen LogP contribution >= 0.6 is 11.6 Å². The number of anilines is 2.